The molecule has 3 aromatic rings. The molecule has 0 atom stereocenters. The van der Waals surface area contributed by atoms with Crippen molar-refractivity contribution in [2.24, 2.45) is 0 Å². The van der Waals surface area contributed by atoms with Crippen LogP contribution in [0, 0.1) is 33.1 Å². The van der Waals surface area contributed by atoms with Gasteiger partial charge in [-0.05, 0) is 48.5 Å². The second kappa shape index (κ2) is 7.63. The molecule has 2 aromatic carbocycles. The van der Waals surface area contributed by atoms with Gasteiger partial charge in [0.15, 0.2) is 11.6 Å². The average molecular weight is 379 g/mol. The maximum atomic E-state index is 13.4. The fourth-order valence-electron chi connectivity index (χ4n) is 2.57. The first kappa shape index (κ1) is 18.7. The van der Waals surface area contributed by atoms with E-state index in [-0.39, 0.29) is 16.8 Å². The van der Waals surface area contributed by atoms with Crippen LogP contribution in [-0.4, -0.2) is 15.3 Å². The Morgan fingerprint density at radius 1 is 1.11 bits per heavy atom. The number of Topliss-reactive ketones (excluding diaryl/α,β-unsaturated/α-hetero) is 1. The minimum Gasteiger partial charge on any atom is -0.317 e. The monoisotopic (exact) mass is 379 g/mol. The average Bonchev–Trinajstić information content (AvgIpc) is 3.16. The van der Waals surface area contributed by atoms with E-state index in [2.05, 4.69) is 0 Å². The maximum Gasteiger partial charge on any atom is 0.269 e. The Morgan fingerprint density at radius 3 is 2.43 bits per heavy atom. The van der Waals surface area contributed by atoms with Gasteiger partial charge in [0, 0.05) is 35.3 Å². The summed E-state index contributed by atoms with van der Waals surface area (Å²) in [5.41, 5.74) is 0.549. The van der Waals surface area contributed by atoms with Gasteiger partial charge < -0.3 is 4.57 Å². The fraction of sp³-hybridized carbons (Fsp3) is 0. The molecule has 6 nitrogen and oxygen atoms in total. The SMILES string of the molecule is N#CC(=Cc1cccn1-c1ccc([N+](=O)[O-])cc1)C(=O)c1ccc(F)c(F)c1. The Kier molecular flexibility index (Phi) is 5.09. The van der Waals surface area contributed by atoms with E-state index >= 15 is 0 Å². The first-order valence-electron chi connectivity index (χ1n) is 7.94. The molecule has 0 aliphatic rings. The normalized spacial score (nSPS) is 11.1. The molecule has 0 bridgehead atoms. The quantitative estimate of drug-likeness (QED) is 0.215. The van der Waals surface area contributed by atoms with Crippen LogP contribution >= 0.6 is 0 Å². The number of carbonyl (C=O) groups excluding carboxylic acids is 1. The summed E-state index contributed by atoms with van der Waals surface area (Å²) in [5.74, 6) is -3.03. The van der Waals surface area contributed by atoms with Crippen LogP contribution in [-0.2, 0) is 0 Å². The highest BCUT2D eigenvalue weighted by atomic mass is 19.2. The molecule has 1 heterocycles. The molecule has 0 amide bonds. The van der Waals surface area contributed by atoms with Crippen molar-refractivity contribution in [2.45, 2.75) is 0 Å². The fourth-order valence-corrected chi connectivity index (χ4v) is 2.57. The summed E-state index contributed by atoms with van der Waals surface area (Å²) < 4.78 is 28.1. The molecule has 1 aromatic heterocycles. The minimum atomic E-state index is -1.18. The van der Waals surface area contributed by atoms with E-state index in [0.717, 1.165) is 18.2 Å². The van der Waals surface area contributed by atoms with E-state index in [1.54, 1.807) is 29.0 Å². The summed E-state index contributed by atoms with van der Waals surface area (Å²) in [6.45, 7) is 0. The van der Waals surface area contributed by atoms with Gasteiger partial charge in [-0.1, -0.05) is 0 Å². The number of benzene rings is 2. The number of allylic oxidation sites excluding steroid dienone is 1. The van der Waals surface area contributed by atoms with Crippen molar-refractivity contribution in [3.05, 3.63) is 99.4 Å². The third kappa shape index (κ3) is 3.68. The van der Waals surface area contributed by atoms with Crippen LogP contribution in [0.15, 0.2) is 66.4 Å². The number of nitriles is 1. The standard InChI is InChI=1S/C20H11F2N3O3/c21-18-8-3-13(11-19(18)22)20(26)14(12-23)10-17-2-1-9-24(17)15-4-6-16(7-5-15)25(27)28/h1-11H. The van der Waals surface area contributed by atoms with Gasteiger partial charge in [-0.3, -0.25) is 14.9 Å². The second-order valence-corrected chi connectivity index (χ2v) is 5.70. The molecule has 28 heavy (non-hydrogen) atoms. The Labute approximate surface area is 157 Å². The van der Waals surface area contributed by atoms with E-state index in [4.69, 9.17) is 0 Å². The van der Waals surface area contributed by atoms with E-state index in [0.29, 0.717) is 11.4 Å². The molecule has 0 spiro atoms. The lowest BCUT2D eigenvalue weighted by Crippen LogP contribution is -2.04. The Morgan fingerprint density at radius 2 is 1.82 bits per heavy atom. The lowest BCUT2D eigenvalue weighted by atomic mass is 10.0. The number of aromatic nitrogens is 1. The molecule has 0 saturated carbocycles. The molecule has 8 heteroatoms. The first-order valence-corrected chi connectivity index (χ1v) is 7.94. The molecule has 0 aliphatic carbocycles. The number of hydrogen-bond donors (Lipinski definition) is 0. The highest BCUT2D eigenvalue weighted by molar-refractivity contribution is 6.13. The third-order valence-electron chi connectivity index (χ3n) is 3.96. The maximum absolute atomic E-state index is 13.4. The summed E-state index contributed by atoms with van der Waals surface area (Å²) >= 11 is 0. The zero-order valence-corrected chi connectivity index (χ0v) is 14.2. The van der Waals surface area contributed by atoms with Gasteiger partial charge >= 0.3 is 0 Å². The molecule has 0 radical (unpaired) electrons. The van der Waals surface area contributed by atoms with Crippen LogP contribution in [0.2, 0.25) is 0 Å². The zero-order valence-electron chi connectivity index (χ0n) is 14.2. The van der Waals surface area contributed by atoms with Crippen molar-refractivity contribution in [3.8, 4) is 11.8 Å². The van der Waals surface area contributed by atoms with Crippen molar-refractivity contribution < 1.29 is 18.5 Å². The van der Waals surface area contributed by atoms with Crippen molar-refractivity contribution in [3.63, 3.8) is 0 Å². The molecule has 0 fully saturated rings. The van der Waals surface area contributed by atoms with Crippen molar-refractivity contribution in [2.75, 3.05) is 0 Å². The second-order valence-electron chi connectivity index (χ2n) is 5.70. The number of carbonyl (C=O) groups is 1. The summed E-state index contributed by atoms with van der Waals surface area (Å²) in [6, 6.07) is 13.4. The summed E-state index contributed by atoms with van der Waals surface area (Å²) in [6.07, 6.45) is 2.97. The topological polar surface area (TPSA) is 88.9 Å². The van der Waals surface area contributed by atoms with Crippen molar-refractivity contribution >= 4 is 17.5 Å². The Balaban J connectivity index is 1.97. The van der Waals surface area contributed by atoms with Crippen LogP contribution in [0.3, 0.4) is 0 Å². The lowest BCUT2D eigenvalue weighted by molar-refractivity contribution is -0.384. The van der Waals surface area contributed by atoms with Crippen LogP contribution in [0.5, 0.6) is 0 Å². The van der Waals surface area contributed by atoms with Crippen LogP contribution in [0.1, 0.15) is 16.1 Å². The van der Waals surface area contributed by atoms with Gasteiger partial charge in [-0.15, -0.1) is 0 Å². The van der Waals surface area contributed by atoms with Gasteiger partial charge in [0.25, 0.3) is 5.69 Å². The highest BCUT2D eigenvalue weighted by Crippen LogP contribution is 2.20. The molecular formula is C20H11F2N3O3. The number of non-ortho nitro benzene ring substituents is 1. The number of ketones is 1. The van der Waals surface area contributed by atoms with Crippen LogP contribution in [0.25, 0.3) is 11.8 Å². The number of hydrogen-bond acceptors (Lipinski definition) is 4. The van der Waals surface area contributed by atoms with E-state index < -0.39 is 22.3 Å². The largest absolute Gasteiger partial charge is 0.317 e. The third-order valence-corrected chi connectivity index (χ3v) is 3.96. The zero-order chi connectivity index (χ0) is 20.3. The lowest BCUT2D eigenvalue weighted by Gasteiger charge is -2.07. The molecule has 0 aliphatic heterocycles. The van der Waals surface area contributed by atoms with E-state index in [1.165, 1.54) is 30.3 Å². The van der Waals surface area contributed by atoms with Gasteiger partial charge in [-0.2, -0.15) is 5.26 Å². The highest BCUT2D eigenvalue weighted by Gasteiger charge is 2.16. The molecular weight excluding hydrogens is 368 g/mol. The number of rotatable bonds is 5. The molecule has 0 N–H and O–H groups in total. The van der Waals surface area contributed by atoms with Gasteiger partial charge in [0.05, 0.1) is 4.92 Å². The molecule has 3 rings (SSSR count). The minimum absolute atomic E-state index is 0.0702. The number of nitro benzene ring substituents is 1. The number of halogens is 2. The smallest absolute Gasteiger partial charge is 0.269 e. The van der Waals surface area contributed by atoms with E-state index in [9.17, 15) is 29.0 Å². The molecule has 138 valence electrons. The predicted octanol–water partition coefficient (Wildman–Crippen LogP) is 4.45. The predicted molar refractivity (Wildman–Crippen MR) is 96.7 cm³/mol. The Bertz CT molecular complexity index is 1140. The van der Waals surface area contributed by atoms with Gasteiger partial charge in [-0.25, -0.2) is 8.78 Å². The first-order chi connectivity index (χ1) is 13.4. The molecule has 0 saturated heterocycles. The number of nitrogens with zero attached hydrogens (tertiary/aromatic N) is 3. The van der Waals surface area contributed by atoms with Crippen LogP contribution < -0.4 is 0 Å². The summed E-state index contributed by atoms with van der Waals surface area (Å²) in [7, 11) is 0. The van der Waals surface area contributed by atoms with Crippen molar-refractivity contribution in [1.82, 2.24) is 4.57 Å². The number of nitro groups is 1. The van der Waals surface area contributed by atoms with Crippen molar-refractivity contribution in [1.29, 1.82) is 5.26 Å². The summed E-state index contributed by atoms with van der Waals surface area (Å²) in [4.78, 5) is 22.7. The summed E-state index contributed by atoms with van der Waals surface area (Å²) in [5, 5.41) is 20.1. The van der Waals surface area contributed by atoms with Gasteiger partial charge in [0.1, 0.15) is 11.6 Å². The van der Waals surface area contributed by atoms with Gasteiger partial charge in [0.2, 0.25) is 5.78 Å². The van der Waals surface area contributed by atoms with Crippen LogP contribution in [0.4, 0.5) is 14.5 Å². The Hall–Kier alpha value is -4.12. The molecule has 0 unspecified atom stereocenters. The van der Waals surface area contributed by atoms with E-state index in [1.807, 2.05) is 0 Å².